The SMILES string of the molecule is Clc1ccc(-c2n[nH]c(C3CCC(NC4CCCCC4)CC3)c2-c2ccncn2)cc1.NC1CCCCC1.O=C1CCC(c2[nH]nc(-c3ccc(Cl)cc3)c2-c2ccncn2)CC1. The van der Waals surface area contributed by atoms with Gasteiger partial charge in [0.25, 0.3) is 0 Å². The molecule has 4 saturated carbocycles. The van der Waals surface area contributed by atoms with Crippen LogP contribution < -0.4 is 11.1 Å². The minimum absolute atomic E-state index is 0.288. The van der Waals surface area contributed by atoms with Crippen molar-refractivity contribution in [1.82, 2.24) is 45.6 Å². The molecule has 13 heteroatoms. The number of H-pyrrole nitrogens is 2. The fraction of sp³-hybridized carbons (Fsp3) is 0.460. The van der Waals surface area contributed by atoms with Crippen molar-refractivity contribution < 1.29 is 4.79 Å². The minimum atomic E-state index is 0.288. The third kappa shape index (κ3) is 11.9. The second-order valence-corrected chi connectivity index (χ2v) is 18.6. The summed E-state index contributed by atoms with van der Waals surface area (Å²) >= 11 is 12.1. The van der Waals surface area contributed by atoms with E-state index in [0.717, 1.165) is 74.6 Å². The van der Waals surface area contributed by atoms with E-state index < -0.39 is 0 Å². The maximum atomic E-state index is 11.6. The number of nitrogens with two attached hydrogens (primary N) is 1. The molecule has 0 unspecified atom stereocenters. The number of nitrogens with zero attached hydrogens (tertiary/aromatic N) is 6. The number of carbonyl (C=O) groups is 1. The van der Waals surface area contributed by atoms with E-state index in [1.54, 1.807) is 25.0 Å². The Morgan fingerprint density at radius 1 is 0.540 bits per heavy atom. The van der Waals surface area contributed by atoms with Crippen LogP contribution in [0.25, 0.3) is 45.0 Å². The number of halogens is 2. The maximum Gasteiger partial charge on any atom is 0.132 e. The van der Waals surface area contributed by atoms with Gasteiger partial charge in [-0.2, -0.15) is 10.2 Å². The van der Waals surface area contributed by atoms with E-state index in [4.69, 9.17) is 34.0 Å². The second-order valence-electron chi connectivity index (χ2n) is 17.7. The number of nitrogens with one attached hydrogen (secondary N) is 3. The third-order valence-electron chi connectivity index (χ3n) is 13.3. The summed E-state index contributed by atoms with van der Waals surface area (Å²) in [6.07, 6.45) is 28.0. The summed E-state index contributed by atoms with van der Waals surface area (Å²) in [6, 6.07) is 21.3. The third-order valence-corrected chi connectivity index (χ3v) is 13.8. The smallest absolute Gasteiger partial charge is 0.132 e. The van der Waals surface area contributed by atoms with Gasteiger partial charge in [-0.3, -0.25) is 15.0 Å². The number of hydrogen-bond donors (Lipinski definition) is 4. The number of aromatic nitrogens is 8. The van der Waals surface area contributed by atoms with Gasteiger partial charge in [-0.15, -0.1) is 0 Å². The summed E-state index contributed by atoms with van der Waals surface area (Å²) in [7, 11) is 0. The number of carbonyl (C=O) groups excluding carboxylic acids is 1. The Labute approximate surface area is 381 Å². The Bertz CT molecular complexity index is 2300. The molecule has 11 nitrogen and oxygen atoms in total. The molecule has 4 aromatic heterocycles. The van der Waals surface area contributed by atoms with Crippen LogP contribution in [0.1, 0.15) is 139 Å². The highest BCUT2D eigenvalue weighted by Gasteiger charge is 2.30. The molecule has 63 heavy (non-hydrogen) atoms. The Kier molecular flexibility index (Phi) is 15.8. The van der Waals surface area contributed by atoms with Crippen molar-refractivity contribution in [1.29, 1.82) is 0 Å². The topological polar surface area (TPSA) is 164 Å². The first-order chi connectivity index (χ1) is 30.9. The molecular formula is C50H60Cl2N10O. The quantitative estimate of drug-likeness (QED) is 0.116. The zero-order valence-corrected chi connectivity index (χ0v) is 37.6. The first kappa shape index (κ1) is 44.8. The zero-order chi connectivity index (χ0) is 43.4. The number of benzene rings is 2. The largest absolute Gasteiger partial charge is 0.328 e. The normalized spacial score (nSPS) is 20.0. The van der Waals surface area contributed by atoms with E-state index in [-0.39, 0.29) is 5.92 Å². The van der Waals surface area contributed by atoms with Crippen molar-refractivity contribution in [2.24, 2.45) is 5.73 Å². The van der Waals surface area contributed by atoms with Gasteiger partial charge < -0.3 is 11.1 Å². The zero-order valence-electron chi connectivity index (χ0n) is 36.1. The predicted octanol–water partition coefficient (Wildman–Crippen LogP) is 11.8. The number of rotatable bonds is 8. The molecule has 0 spiro atoms. The Balaban J connectivity index is 0.000000152. The van der Waals surface area contributed by atoms with Crippen molar-refractivity contribution in [2.45, 2.75) is 146 Å². The summed E-state index contributed by atoms with van der Waals surface area (Å²) in [5.74, 6) is 1.11. The Hall–Kier alpha value is -4.81. The van der Waals surface area contributed by atoms with Crippen LogP contribution in [0.5, 0.6) is 0 Å². The van der Waals surface area contributed by atoms with E-state index in [2.05, 4.69) is 40.5 Å². The van der Waals surface area contributed by atoms with Gasteiger partial charge >= 0.3 is 0 Å². The van der Waals surface area contributed by atoms with E-state index in [1.807, 2.05) is 60.7 Å². The predicted molar refractivity (Wildman–Crippen MR) is 252 cm³/mol. The van der Waals surface area contributed by atoms with Gasteiger partial charge in [-0.05, 0) is 101 Å². The summed E-state index contributed by atoms with van der Waals surface area (Å²) in [5.41, 5.74) is 15.6. The fourth-order valence-electron chi connectivity index (χ4n) is 9.84. The van der Waals surface area contributed by atoms with Crippen molar-refractivity contribution >= 4 is 29.0 Å². The van der Waals surface area contributed by atoms with Gasteiger partial charge in [0.2, 0.25) is 0 Å². The van der Waals surface area contributed by atoms with Crippen LogP contribution in [-0.2, 0) is 4.79 Å². The number of Topliss-reactive ketones (excluding diaryl/α,β-unsaturated/α-hetero) is 1. The van der Waals surface area contributed by atoms with Gasteiger partial charge in [-0.1, -0.05) is 86.0 Å². The van der Waals surface area contributed by atoms with Crippen molar-refractivity contribution in [3.8, 4) is 45.0 Å². The lowest BCUT2D eigenvalue weighted by molar-refractivity contribution is -0.120. The lowest BCUT2D eigenvalue weighted by Crippen LogP contribution is -2.41. The lowest BCUT2D eigenvalue weighted by Gasteiger charge is -2.33. The standard InChI is InChI=1S/C25H30ClN5.C19H17ClN4O.C6H13N/c26-19-10-6-17(7-11-19)24-23(22-14-15-27-16-28-22)25(31-30-24)18-8-12-21(13-9-18)29-20-4-2-1-3-5-20;20-14-5-1-12(2-6-14)18-17(16-9-10-21-11-22-16)19(24-23-18)13-3-7-15(25)8-4-13;7-6-4-2-1-3-5-6/h6-7,10-11,14-16,18,20-21,29H,1-5,8-9,12-13H2,(H,30,31);1-2,5-6,9-11,13H,3-4,7-8H2,(H,23,24);6H,1-5,7H2. The van der Waals surface area contributed by atoms with E-state index in [1.165, 1.54) is 95.6 Å². The van der Waals surface area contributed by atoms with Gasteiger partial charge in [0.05, 0.1) is 11.4 Å². The number of ketones is 1. The highest BCUT2D eigenvalue weighted by Crippen LogP contribution is 2.42. The van der Waals surface area contributed by atoms with Crippen LogP contribution in [0, 0.1) is 0 Å². The van der Waals surface area contributed by atoms with Gasteiger partial charge in [0.15, 0.2) is 0 Å². The van der Waals surface area contributed by atoms with Crippen LogP contribution in [0.2, 0.25) is 10.0 Å². The molecule has 2 aromatic carbocycles. The monoisotopic (exact) mass is 886 g/mol. The fourth-order valence-corrected chi connectivity index (χ4v) is 10.1. The number of hydrogen-bond acceptors (Lipinski definition) is 9. The maximum absolute atomic E-state index is 11.6. The minimum Gasteiger partial charge on any atom is -0.328 e. The first-order valence-corrected chi connectivity index (χ1v) is 23.9. The van der Waals surface area contributed by atoms with Crippen LogP contribution in [0.3, 0.4) is 0 Å². The molecule has 5 N–H and O–H groups in total. The molecule has 4 fully saturated rings. The Morgan fingerprint density at radius 2 is 0.984 bits per heavy atom. The number of aromatic amines is 2. The Morgan fingerprint density at radius 3 is 1.41 bits per heavy atom. The van der Waals surface area contributed by atoms with Crippen molar-refractivity contribution in [3.63, 3.8) is 0 Å². The summed E-state index contributed by atoms with van der Waals surface area (Å²) in [4.78, 5) is 28.7. The molecule has 0 radical (unpaired) electrons. The van der Waals surface area contributed by atoms with E-state index in [9.17, 15) is 4.79 Å². The van der Waals surface area contributed by atoms with Crippen LogP contribution >= 0.6 is 23.2 Å². The van der Waals surface area contributed by atoms with E-state index >= 15 is 0 Å². The van der Waals surface area contributed by atoms with Crippen LogP contribution in [-0.4, -0.2) is 64.2 Å². The molecule has 0 amide bonds. The van der Waals surface area contributed by atoms with Gasteiger partial charge in [-0.25, -0.2) is 19.9 Å². The van der Waals surface area contributed by atoms with Crippen LogP contribution in [0.4, 0.5) is 0 Å². The molecule has 4 heterocycles. The van der Waals surface area contributed by atoms with Gasteiger partial charge in [0.1, 0.15) is 29.8 Å². The molecule has 0 atom stereocenters. The van der Waals surface area contributed by atoms with Crippen molar-refractivity contribution in [2.75, 3.05) is 0 Å². The van der Waals surface area contributed by atoms with E-state index in [0.29, 0.717) is 41.6 Å². The molecule has 6 aromatic rings. The summed E-state index contributed by atoms with van der Waals surface area (Å²) in [6.45, 7) is 0. The molecule has 0 bridgehead atoms. The average molecular weight is 888 g/mol. The highest BCUT2D eigenvalue weighted by molar-refractivity contribution is 6.31. The van der Waals surface area contributed by atoms with Gasteiger partial charge in [0, 0.05) is 98.9 Å². The molecule has 4 aliphatic carbocycles. The van der Waals surface area contributed by atoms with Crippen molar-refractivity contribution in [3.05, 3.63) is 107 Å². The summed E-state index contributed by atoms with van der Waals surface area (Å²) < 4.78 is 0. The molecule has 10 rings (SSSR count). The average Bonchev–Trinajstić information content (AvgIpc) is 3.98. The molecular weight excluding hydrogens is 828 g/mol. The molecule has 0 aliphatic heterocycles. The lowest BCUT2D eigenvalue weighted by atomic mass is 9.81. The molecule has 330 valence electrons. The summed E-state index contributed by atoms with van der Waals surface area (Å²) in [5, 5.41) is 21.3. The highest BCUT2D eigenvalue weighted by atomic mass is 35.5. The first-order valence-electron chi connectivity index (χ1n) is 23.1. The van der Waals surface area contributed by atoms with Crippen LogP contribution in [0.15, 0.2) is 85.7 Å². The molecule has 0 saturated heterocycles. The molecule has 4 aliphatic rings. The second kappa shape index (κ2) is 22.2.